The van der Waals surface area contributed by atoms with Gasteiger partial charge in [-0.3, -0.25) is 19.3 Å². The van der Waals surface area contributed by atoms with Crippen LogP contribution in [0.4, 0.5) is 4.79 Å². The van der Waals surface area contributed by atoms with Crippen LogP contribution in [0.15, 0.2) is 29.2 Å². The van der Waals surface area contributed by atoms with Crippen molar-refractivity contribution < 1.29 is 28.7 Å². The molecule has 0 atom stereocenters. The average Bonchev–Trinajstić information content (AvgIpc) is 2.96. The van der Waals surface area contributed by atoms with Gasteiger partial charge in [0.05, 0.1) is 11.5 Å². The average molecular weight is 447 g/mol. The predicted octanol–water partition coefficient (Wildman–Crippen LogP) is 3.07. The Morgan fingerprint density at radius 1 is 1.06 bits per heavy atom. The van der Waals surface area contributed by atoms with Crippen LogP contribution in [0.5, 0.6) is 5.75 Å². The van der Waals surface area contributed by atoms with Gasteiger partial charge in [0.15, 0.2) is 6.61 Å². The fourth-order valence-electron chi connectivity index (χ4n) is 3.35. The molecule has 0 aliphatic carbocycles. The highest BCUT2D eigenvalue weighted by atomic mass is 32.2. The molecule has 2 fully saturated rings. The third-order valence-electron chi connectivity index (χ3n) is 4.97. The number of benzene rings is 1. The second-order valence-corrected chi connectivity index (χ2v) is 8.22. The fourth-order valence-corrected chi connectivity index (χ4v) is 4.19. The number of ether oxygens (including phenoxy) is 2. The Morgan fingerprint density at radius 3 is 2.39 bits per heavy atom. The van der Waals surface area contributed by atoms with Crippen molar-refractivity contribution in [2.24, 2.45) is 0 Å². The molecule has 0 aromatic heterocycles. The molecule has 3 amide bonds. The highest BCUT2D eigenvalue weighted by Crippen LogP contribution is 2.32. The normalized spacial score (nSPS) is 18.3. The maximum Gasteiger partial charge on any atom is 0.344 e. The lowest BCUT2D eigenvalue weighted by molar-refractivity contribution is -0.145. The lowest BCUT2D eigenvalue weighted by atomic mass is 10.2. The van der Waals surface area contributed by atoms with E-state index in [4.69, 9.17) is 9.47 Å². The topological polar surface area (TPSA) is 93.2 Å². The molecule has 8 nitrogen and oxygen atoms in total. The van der Waals surface area contributed by atoms with Gasteiger partial charge in [-0.2, -0.15) is 0 Å². The van der Waals surface area contributed by atoms with Crippen LogP contribution in [0.25, 0.3) is 6.08 Å². The highest BCUT2D eigenvalue weighted by Gasteiger charge is 2.37. The van der Waals surface area contributed by atoms with Crippen molar-refractivity contribution >= 4 is 40.9 Å². The lowest BCUT2D eigenvalue weighted by Gasteiger charge is -2.22. The summed E-state index contributed by atoms with van der Waals surface area (Å²) >= 11 is 0.829. The zero-order valence-corrected chi connectivity index (χ0v) is 18.3. The maximum absolute atomic E-state index is 12.7. The predicted molar refractivity (Wildman–Crippen MR) is 116 cm³/mol. The third-order valence-corrected chi connectivity index (χ3v) is 5.87. The Hall–Kier alpha value is -2.81. The molecule has 31 heavy (non-hydrogen) atoms. The summed E-state index contributed by atoms with van der Waals surface area (Å²) in [4.78, 5) is 51.9. The Kier molecular flexibility index (Phi) is 8.11. The van der Waals surface area contributed by atoms with Crippen LogP contribution in [-0.2, 0) is 19.1 Å². The van der Waals surface area contributed by atoms with Crippen molar-refractivity contribution in [2.75, 3.05) is 32.8 Å². The van der Waals surface area contributed by atoms with Crippen LogP contribution in [-0.4, -0.2) is 65.7 Å². The first-order valence-electron chi connectivity index (χ1n) is 10.4. The smallest absolute Gasteiger partial charge is 0.344 e. The zero-order valence-electron chi connectivity index (χ0n) is 17.5. The van der Waals surface area contributed by atoms with Gasteiger partial charge < -0.3 is 14.4 Å². The quantitative estimate of drug-likeness (QED) is 0.469. The summed E-state index contributed by atoms with van der Waals surface area (Å²) in [5.74, 6) is -0.606. The molecule has 9 heteroatoms. The number of carbonyl (C=O) groups is 4. The van der Waals surface area contributed by atoms with Gasteiger partial charge in [0.25, 0.3) is 11.1 Å². The number of carbonyl (C=O) groups excluding carboxylic acids is 4. The van der Waals surface area contributed by atoms with Gasteiger partial charge in [-0.25, -0.2) is 4.79 Å². The summed E-state index contributed by atoms with van der Waals surface area (Å²) in [6, 6.07) is 6.77. The van der Waals surface area contributed by atoms with Crippen molar-refractivity contribution in [3.63, 3.8) is 0 Å². The maximum atomic E-state index is 12.7. The summed E-state index contributed by atoms with van der Waals surface area (Å²) in [6.45, 7) is 2.96. The lowest BCUT2D eigenvalue weighted by Crippen LogP contribution is -2.42. The fraction of sp³-hybridized carbons (Fsp3) is 0.455. The number of esters is 1. The molecule has 0 bridgehead atoms. The van der Waals surface area contributed by atoms with Crippen LogP contribution in [0.2, 0.25) is 0 Å². The van der Waals surface area contributed by atoms with Gasteiger partial charge in [0.2, 0.25) is 5.91 Å². The first kappa shape index (κ1) is 22.9. The largest absolute Gasteiger partial charge is 0.482 e. The summed E-state index contributed by atoms with van der Waals surface area (Å²) in [6.07, 6.45) is 5.71. The number of imide groups is 1. The van der Waals surface area contributed by atoms with E-state index < -0.39 is 17.1 Å². The number of rotatable bonds is 7. The first-order chi connectivity index (χ1) is 15.0. The summed E-state index contributed by atoms with van der Waals surface area (Å²) in [5, 5.41) is -0.436. The van der Waals surface area contributed by atoms with E-state index in [1.165, 1.54) is 0 Å². The minimum atomic E-state index is -0.458. The van der Waals surface area contributed by atoms with Crippen LogP contribution in [0.3, 0.4) is 0 Å². The van der Waals surface area contributed by atoms with Gasteiger partial charge in [-0.1, -0.05) is 25.0 Å². The Bertz CT molecular complexity index is 859. The van der Waals surface area contributed by atoms with Crippen molar-refractivity contribution in [1.29, 1.82) is 0 Å². The number of amides is 3. The molecule has 0 radical (unpaired) electrons. The second-order valence-electron chi connectivity index (χ2n) is 7.23. The van der Waals surface area contributed by atoms with Crippen molar-refractivity contribution in [3.8, 4) is 5.75 Å². The van der Waals surface area contributed by atoms with E-state index in [1.54, 1.807) is 42.2 Å². The van der Waals surface area contributed by atoms with Crippen molar-refractivity contribution in [3.05, 3.63) is 34.7 Å². The van der Waals surface area contributed by atoms with Gasteiger partial charge in [-0.15, -0.1) is 0 Å². The van der Waals surface area contributed by atoms with E-state index in [0.717, 1.165) is 42.3 Å². The van der Waals surface area contributed by atoms with Gasteiger partial charge >= 0.3 is 5.97 Å². The highest BCUT2D eigenvalue weighted by molar-refractivity contribution is 8.18. The van der Waals surface area contributed by atoms with Gasteiger partial charge in [0, 0.05) is 13.1 Å². The molecule has 0 N–H and O–H groups in total. The summed E-state index contributed by atoms with van der Waals surface area (Å²) < 4.78 is 10.1. The van der Waals surface area contributed by atoms with Crippen LogP contribution in [0, 0.1) is 0 Å². The third kappa shape index (κ3) is 6.33. The van der Waals surface area contributed by atoms with E-state index in [-0.39, 0.29) is 24.0 Å². The summed E-state index contributed by atoms with van der Waals surface area (Å²) in [7, 11) is 0. The zero-order chi connectivity index (χ0) is 22.2. The van der Waals surface area contributed by atoms with Crippen LogP contribution in [0.1, 0.15) is 38.2 Å². The standard InChI is InChI=1S/C22H26N2O6S/c1-2-29-20(26)15-30-17-9-7-16(8-10-17)13-18-21(27)24(22(28)31-18)14-19(25)23-11-5-3-4-6-12-23/h7-10,13H,2-6,11-12,14-15H2,1H3/b18-13-. The number of nitrogens with zero attached hydrogens (tertiary/aromatic N) is 2. The first-order valence-corrected chi connectivity index (χ1v) is 11.2. The number of likely N-dealkylation sites (tertiary alicyclic amines) is 1. The summed E-state index contributed by atoms with van der Waals surface area (Å²) in [5.41, 5.74) is 0.702. The number of hydrogen-bond donors (Lipinski definition) is 0. The minimum Gasteiger partial charge on any atom is -0.482 e. The molecule has 0 spiro atoms. The molecular formula is C22H26N2O6S. The SMILES string of the molecule is CCOC(=O)COc1ccc(/C=C2\SC(=O)N(CC(=O)N3CCCCCC3)C2=O)cc1. The molecule has 1 aromatic carbocycles. The number of thioether (sulfide) groups is 1. The number of hydrogen-bond acceptors (Lipinski definition) is 7. The van der Waals surface area contributed by atoms with Crippen LogP contribution < -0.4 is 4.74 Å². The molecule has 2 aliphatic heterocycles. The molecule has 1 aromatic rings. The second kappa shape index (κ2) is 11.0. The van der Waals surface area contributed by atoms with E-state index in [2.05, 4.69) is 0 Å². The molecule has 2 aliphatic rings. The molecular weight excluding hydrogens is 420 g/mol. The Balaban J connectivity index is 1.59. The molecule has 0 unspecified atom stereocenters. The van der Waals surface area contributed by atoms with Gasteiger partial charge in [0.1, 0.15) is 12.3 Å². The van der Waals surface area contributed by atoms with Crippen molar-refractivity contribution in [1.82, 2.24) is 9.80 Å². The molecule has 166 valence electrons. The minimum absolute atomic E-state index is 0.183. The van der Waals surface area contributed by atoms with E-state index in [9.17, 15) is 19.2 Å². The van der Waals surface area contributed by atoms with Crippen LogP contribution >= 0.6 is 11.8 Å². The van der Waals surface area contributed by atoms with Crippen molar-refractivity contribution in [2.45, 2.75) is 32.6 Å². The molecule has 3 rings (SSSR count). The van der Waals surface area contributed by atoms with Gasteiger partial charge in [-0.05, 0) is 55.3 Å². The Labute approximate surface area is 185 Å². The Morgan fingerprint density at radius 2 is 1.74 bits per heavy atom. The van der Waals surface area contributed by atoms with E-state index in [1.807, 2.05) is 0 Å². The molecule has 0 saturated carbocycles. The molecule has 2 heterocycles. The molecule has 2 saturated heterocycles. The monoisotopic (exact) mass is 446 g/mol. The van der Waals surface area contributed by atoms with E-state index >= 15 is 0 Å². The van der Waals surface area contributed by atoms with E-state index in [0.29, 0.717) is 31.0 Å².